The van der Waals surface area contributed by atoms with Crippen molar-refractivity contribution in [2.75, 3.05) is 5.43 Å². The summed E-state index contributed by atoms with van der Waals surface area (Å²) in [5, 5.41) is 18.7. The zero-order valence-corrected chi connectivity index (χ0v) is 13.1. The molecule has 0 fully saturated rings. The molecule has 0 saturated carbocycles. The van der Waals surface area contributed by atoms with Crippen LogP contribution in [-0.4, -0.2) is 20.9 Å². The number of ether oxygens (including phenoxy) is 1. The summed E-state index contributed by atoms with van der Waals surface area (Å²) in [5.74, 6) is 0.597. The Morgan fingerprint density at radius 1 is 1.20 bits per heavy atom. The number of nitro groups is 1. The fraction of sp³-hybridized carbons (Fsp3) is 0.0588. The molecule has 0 amide bonds. The summed E-state index contributed by atoms with van der Waals surface area (Å²) in [6.45, 7) is 0.0603. The van der Waals surface area contributed by atoms with Gasteiger partial charge in [-0.15, -0.1) is 0 Å². The number of benzene rings is 2. The smallest absolute Gasteiger partial charge is 0.307 e. The van der Waals surface area contributed by atoms with Gasteiger partial charge in [0.25, 0.3) is 0 Å². The highest BCUT2D eigenvalue weighted by Crippen LogP contribution is 2.17. The Kier molecular flexibility index (Phi) is 5.01. The SMILES string of the molecule is O=[N+]([O-])c1cnn(COc2ccccc2C=NNc2ccccc2)c1. The van der Waals surface area contributed by atoms with Crippen molar-refractivity contribution < 1.29 is 9.66 Å². The van der Waals surface area contributed by atoms with Gasteiger partial charge in [0.05, 0.1) is 16.8 Å². The Bertz CT molecular complexity index is 877. The molecule has 8 heteroatoms. The predicted octanol–water partition coefficient (Wildman–Crippen LogP) is 3.27. The summed E-state index contributed by atoms with van der Waals surface area (Å²) in [6, 6.07) is 16.9. The minimum Gasteiger partial charge on any atom is -0.471 e. The molecule has 0 aliphatic rings. The van der Waals surface area contributed by atoms with Gasteiger partial charge in [-0.2, -0.15) is 10.2 Å². The molecule has 0 aliphatic heterocycles. The predicted molar refractivity (Wildman–Crippen MR) is 93.6 cm³/mol. The quantitative estimate of drug-likeness (QED) is 0.405. The first-order chi connectivity index (χ1) is 12.2. The lowest BCUT2D eigenvalue weighted by molar-refractivity contribution is -0.385. The zero-order chi connectivity index (χ0) is 17.5. The minimum atomic E-state index is -0.501. The molecule has 1 aromatic heterocycles. The van der Waals surface area contributed by atoms with Crippen LogP contribution in [0.1, 0.15) is 5.56 Å². The van der Waals surface area contributed by atoms with E-state index in [2.05, 4.69) is 15.6 Å². The van der Waals surface area contributed by atoms with Crippen LogP contribution < -0.4 is 10.2 Å². The molecule has 1 N–H and O–H groups in total. The first-order valence-corrected chi connectivity index (χ1v) is 7.45. The fourth-order valence-electron chi connectivity index (χ4n) is 2.06. The lowest BCUT2D eigenvalue weighted by Crippen LogP contribution is -2.06. The van der Waals surface area contributed by atoms with Crippen molar-refractivity contribution in [2.45, 2.75) is 6.73 Å². The first-order valence-electron chi connectivity index (χ1n) is 7.45. The lowest BCUT2D eigenvalue weighted by atomic mass is 10.2. The van der Waals surface area contributed by atoms with E-state index >= 15 is 0 Å². The Labute approximate surface area is 143 Å². The van der Waals surface area contributed by atoms with Crippen LogP contribution in [0.3, 0.4) is 0 Å². The van der Waals surface area contributed by atoms with Gasteiger partial charge in [-0.25, -0.2) is 4.68 Å². The zero-order valence-electron chi connectivity index (χ0n) is 13.1. The Morgan fingerprint density at radius 3 is 2.72 bits per heavy atom. The standard InChI is InChI=1S/C17H15N5O3/c23-22(24)16-11-19-21(12-16)13-25-17-9-5-4-6-14(17)10-18-20-15-7-2-1-3-8-15/h1-12,20H,13H2. The third kappa shape index (κ3) is 4.41. The van der Waals surface area contributed by atoms with Crippen LogP contribution in [0.25, 0.3) is 0 Å². The third-order valence-electron chi connectivity index (χ3n) is 3.27. The maximum Gasteiger partial charge on any atom is 0.307 e. The third-order valence-corrected chi connectivity index (χ3v) is 3.27. The van der Waals surface area contributed by atoms with Gasteiger partial charge in [0, 0.05) is 5.56 Å². The van der Waals surface area contributed by atoms with E-state index in [0.29, 0.717) is 5.75 Å². The summed E-state index contributed by atoms with van der Waals surface area (Å²) >= 11 is 0. The van der Waals surface area contributed by atoms with Crippen LogP contribution in [0.2, 0.25) is 0 Å². The van der Waals surface area contributed by atoms with Gasteiger partial charge >= 0.3 is 5.69 Å². The molecule has 3 aromatic rings. The summed E-state index contributed by atoms with van der Waals surface area (Å²) in [6.07, 6.45) is 4.14. The molecule has 1 heterocycles. The van der Waals surface area contributed by atoms with Gasteiger partial charge in [-0.1, -0.05) is 30.3 Å². The van der Waals surface area contributed by atoms with E-state index in [-0.39, 0.29) is 12.4 Å². The molecule has 8 nitrogen and oxygen atoms in total. The number of aromatic nitrogens is 2. The van der Waals surface area contributed by atoms with Crippen LogP contribution >= 0.6 is 0 Å². The molecule has 0 spiro atoms. The number of hydrogen-bond acceptors (Lipinski definition) is 6. The van der Waals surface area contributed by atoms with Crippen molar-refractivity contribution in [3.05, 3.63) is 82.7 Å². The normalized spacial score (nSPS) is 10.7. The molecule has 3 rings (SSSR count). The van der Waals surface area contributed by atoms with Gasteiger partial charge in [0.1, 0.15) is 18.1 Å². The maximum atomic E-state index is 10.7. The monoisotopic (exact) mass is 337 g/mol. The van der Waals surface area contributed by atoms with Crippen molar-refractivity contribution in [3.8, 4) is 5.75 Å². The van der Waals surface area contributed by atoms with E-state index in [0.717, 1.165) is 11.3 Å². The van der Waals surface area contributed by atoms with Crippen molar-refractivity contribution >= 4 is 17.6 Å². The van der Waals surface area contributed by atoms with E-state index in [1.165, 1.54) is 17.1 Å². The highest BCUT2D eigenvalue weighted by atomic mass is 16.6. The molecular formula is C17H15N5O3. The number of nitrogens with one attached hydrogen (secondary N) is 1. The highest BCUT2D eigenvalue weighted by molar-refractivity contribution is 5.83. The van der Waals surface area contributed by atoms with Crippen molar-refractivity contribution in [3.63, 3.8) is 0 Å². The number of nitrogens with zero attached hydrogens (tertiary/aromatic N) is 4. The van der Waals surface area contributed by atoms with Crippen LogP contribution in [-0.2, 0) is 6.73 Å². The number of para-hydroxylation sites is 2. The fourth-order valence-corrected chi connectivity index (χ4v) is 2.06. The number of hydrogen-bond donors (Lipinski definition) is 1. The second kappa shape index (κ2) is 7.73. The van der Waals surface area contributed by atoms with Crippen LogP contribution in [0.4, 0.5) is 11.4 Å². The second-order valence-corrected chi connectivity index (χ2v) is 5.04. The van der Waals surface area contributed by atoms with Crippen LogP contribution in [0, 0.1) is 10.1 Å². The molecule has 0 saturated heterocycles. The van der Waals surface area contributed by atoms with E-state index in [4.69, 9.17) is 4.74 Å². The van der Waals surface area contributed by atoms with Gasteiger partial charge in [0.15, 0.2) is 6.73 Å². The average Bonchev–Trinajstić information content (AvgIpc) is 3.11. The summed E-state index contributed by atoms with van der Waals surface area (Å²) in [4.78, 5) is 10.2. The topological polar surface area (TPSA) is 94.6 Å². The van der Waals surface area contributed by atoms with E-state index in [1.807, 2.05) is 48.5 Å². The Morgan fingerprint density at radius 2 is 1.96 bits per heavy atom. The summed E-state index contributed by atoms with van der Waals surface area (Å²) in [5.41, 5.74) is 4.50. The van der Waals surface area contributed by atoms with Gasteiger partial charge < -0.3 is 4.74 Å². The molecule has 0 radical (unpaired) electrons. The van der Waals surface area contributed by atoms with Crippen molar-refractivity contribution in [1.82, 2.24) is 9.78 Å². The van der Waals surface area contributed by atoms with Crippen LogP contribution in [0.15, 0.2) is 72.1 Å². The largest absolute Gasteiger partial charge is 0.471 e. The van der Waals surface area contributed by atoms with E-state index in [9.17, 15) is 10.1 Å². The van der Waals surface area contributed by atoms with Crippen molar-refractivity contribution in [2.24, 2.45) is 5.10 Å². The Balaban J connectivity index is 1.64. The highest BCUT2D eigenvalue weighted by Gasteiger charge is 2.09. The second-order valence-electron chi connectivity index (χ2n) is 5.04. The summed E-state index contributed by atoms with van der Waals surface area (Å²) < 4.78 is 7.03. The number of anilines is 1. The molecule has 0 unspecified atom stereocenters. The first kappa shape index (κ1) is 16.2. The average molecular weight is 337 g/mol. The molecular weight excluding hydrogens is 322 g/mol. The van der Waals surface area contributed by atoms with E-state index in [1.54, 1.807) is 12.3 Å². The molecule has 0 atom stereocenters. The molecule has 25 heavy (non-hydrogen) atoms. The van der Waals surface area contributed by atoms with Gasteiger partial charge in [-0.05, 0) is 24.3 Å². The number of rotatable bonds is 7. The number of hydrazone groups is 1. The lowest BCUT2D eigenvalue weighted by Gasteiger charge is -2.08. The van der Waals surface area contributed by atoms with Crippen LogP contribution in [0.5, 0.6) is 5.75 Å². The Hall–Kier alpha value is -3.68. The van der Waals surface area contributed by atoms with Crippen molar-refractivity contribution in [1.29, 1.82) is 0 Å². The minimum absolute atomic E-state index is 0.0603. The van der Waals surface area contributed by atoms with Gasteiger partial charge in [0.2, 0.25) is 0 Å². The molecule has 2 aromatic carbocycles. The molecule has 0 bridgehead atoms. The van der Waals surface area contributed by atoms with Gasteiger partial charge in [-0.3, -0.25) is 15.5 Å². The maximum absolute atomic E-state index is 10.7. The van der Waals surface area contributed by atoms with E-state index < -0.39 is 4.92 Å². The molecule has 126 valence electrons. The summed E-state index contributed by atoms with van der Waals surface area (Å²) in [7, 11) is 0. The molecule has 0 aliphatic carbocycles.